The standard InChI is InChI=1S/C25H32N2O/c1-22(2)11-17-12-24(5)14-23(3,4)15-25(16-24)20(17)19(13-22)27(21(28)26-25)18-9-7-6-8-10-18/h6-10,12H,11,13-16H2,1-5H3,(H,26,28)/t24-,25-/m1/s1. The van der Waals surface area contributed by atoms with Crippen LogP contribution in [-0.2, 0) is 0 Å². The highest BCUT2D eigenvalue weighted by atomic mass is 16.2. The first-order chi connectivity index (χ1) is 13.0. The van der Waals surface area contributed by atoms with Crippen molar-refractivity contribution >= 4 is 11.7 Å². The highest BCUT2D eigenvalue weighted by Crippen LogP contribution is 2.62. The van der Waals surface area contributed by atoms with Crippen molar-refractivity contribution in [3.05, 3.63) is 53.3 Å². The predicted molar refractivity (Wildman–Crippen MR) is 114 cm³/mol. The van der Waals surface area contributed by atoms with Crippen LogP contribution in [0.3, 0.4) is 0 Å². The van der Waals surface area contributed by atoms with Gasteiger partial charge in [0.25, 0.3) is 0 Å². The number of carbonyl (C=O) groups is 1. The molecule has 0 unspecified atom stereocenters. The summed E-state index contributed by atoms with van der Waals surface area (Å²) in [5.74, 6) is 0. The maximum Gasteiger partial charge on any atom is 0.326 e. The van der Waals surface area contributed by atoms with Crippen LogP contribution in [0.2, 0.25) is 0 Å². The van der Waals surface area contributed by atoms with Crippen LogP contribution in [0.25, 0.3) is 0 Å². The molecule has 3 aliphatic carbocycles. The molecule has 2 amide bonds. The van der Waals surface area contributed by atoms with Crippen molar-refractivity contribution in [3.8, 4) is 0 Å². The molecule has 1 heterocycles. The van der Waals surface area contributed by atoms with Crippen LogP contribution >= 0.6 is 0 Å². The Labute approximate surface area is 168 Å². The summed E-state index contributed by atoms with van der Waals surface area (Å²) in [7, 11) is 0. The summed E-state index contributed by atoms with van der Waals surface area (Å²) in [5, 5.41) is 3.54. The first kappa shape index (κ1) is 18.0. The van der Waals surface area contributed by atoms with Crippen molar-refractivity contribution in [2.45, 2.75) is 72.3 Å². The van der Waals surface area contributed by atoms with Crippen LogP contribution in [-0.4, -0.2) is 11.6 Å². The molecule has 1 N–H and O–H groups in total. The third-order valence-electron chi connectivity index (χ3n) is 7.13. The van der Waals surface area contributed by atoms with Gasteiger partial charge in [-0.3, -0.25) is 4.90 Å². The Morgan fingerprint density at radius 1 is 0.893 bits per heavy atom. The van der Waals surface area contributed by atoms with Crippen LogP contribution in [0.5, 0.6) is 0 Å². The van der Waals surface area contributed by atoms with Crippen LogP contribution in [0, 0.1) is 16.2 Å². The van der Waals surface area contributed by atoms with Gasteiger partial charge >= 0.3 is 6.03 Å². The molecule has 0 saturated heterocycles. The number of fused-ring (bicyclic) bond motifs is 1. The van der Waals surface area contributed by atoms with Gasteiger partial charge in [0.05, 0.1) is 11.2 Å². The smallest absolute Gasteiger partial charge is 0.326 e. The molecule has 1 aromatic rings. The van der Waals surface area contributed by atoms with Crippen molar-refractivity contribution in [1.82, 2.24) is 5.32 Å². The van der Waals surface area contributed by atoms with Crippen LogP contribution < -0.4 is 10.2 Å². The highest BCUT2D eigenvalue weighted by Gasteiger charge is 2.59. The zero-order valence-corrected chi connectivity index (χ0v) is 17.9. The summed E-state index contributed by atoms with van der Waals surface area (Å²) in [6.07, 6.45) is 7.86. The fourth-order valence-electron chi connectivity index (χ4n) is 7.16. The molecule has 2 bridgehead atoms. The minimum Gasteiger partial charge on any atom is -0.328 e. The van der Waals surface area contributed by atoms with Gasteiger partial charge in [0.2, 0.25) is 0 Å². The van der Waals surface area contributed by atoms with Gasteiger partial charge in [0.1, 0.15) is 0 Å². The number of hydrogen-bond acceptors (Lipinski definition) is 1. The van der Waals surface area contributed by atoms with Crippen molar-refractivity contribution in [1.29, 1.82) is 0 Å². The van der Waals surface area contributed by atoms with Crippen molar-refractivity contribution < 1.29 is 4.79 Å². The maximum atomic E-state index is 13.5. The minimum atomic E-state index is -0.214. The molecule has 1 aromatic carbocycles. The summed E-state index contributed by atoms with van der Waals surface area (Å²) < 4.78 is 0. The number of nitrogens with zero attached hydrogens (tertiary/aromatic N) is 1. The summed E-state index contributed by atoms with van der Waals surface area (Å²) >= 11 is 0. The highest BCUT2D eigenvalue weighted by molar-refractivity contribution is 5.98. The lowest BCUT2D eigenvalue weighted by atomic mass is 9.49. The SMILES string of the molecule is CC1(C)CC2=C[C@]3(C)CC(C)(C)C[C@]4(C3)NC(=O)N(c3ccccc3)C(=C24)C1. The van der Waals surface area contributed by atoms with Gasteiger partial charge in [-0.1, -0.05) is 58.9 Å². The second kappa shape index (κ2) is 5.31. The molecule has 3 heteroatoms. The van der Waals surface area contributed by atoms with E-state index in [9.17, 15) is 4.79 Å². The van der Waals surface area contributed by atoms with Crippen LogP contribution in [0.4, 0.5) is 10.5 Å². The van der Waals surface area contributed by atoms with E-state index in [1.54, 1.807) is 0 Å². The maximum absolute atomic E-state index is 13.5. The molecule has 148 valence electrons. The number of amides is 2. The summed E-state index contributed by atoms with van der Waals surface area (Å²) in [6.45, 7) is 11.8. The first-order valence-electron chi connectivity index (χ1n) is 10.6. The van der Waals surface area contributed by atoms with Gasteiger partial charge in [-0.2, -0.15) is 0 Å². The molecule has 2 atom stereocenters. The number of hydrogen-bond donors (Lipinski definition) is 1. The van der Waals surface area contributed by atoms with E-state index in [1.165, 1.54) is 23.3 Å². The van der Waals surface area contributed by atoms with Gasteiger partial charge in [0, 0.05) is 11.3 Å². The quantitative estimate of drug-likeness (QED) is 0.623. The summed E-state index contributed by atoms with van der Waals surface area (Å²) in [5.41, 5.74) is 5.43. The van der Waals surface area contributed by atoms with Gasteiger partial charge in [-0.25, -0.2) is 4.79 Å². The van der Waals surface area contributed by atoms with E-state index in [2.05, 4.69) is 46.0 Å². The van der Waals surface area contributed by atoms with E-state index in [1.807, 2.05) is 35.2 Å². The number of allylic oxidation sites excluding steroid dienone is 2. The molecule has 5 rings (SSSR count). The van der Waals surface area contributed by atoms with E-state index in [-0.39, 0.29) is 27.8 Å². The molecular formula is C25H32N2O. The fourth-order valence-corrected chi connectivity index (χ4v) is 7.16. The molecule has 28 heavy (non-hydrogen) atoms. The Morgan fingerprint density at radius 2 is 1.61 bits per heavy atom. The summed E-state index contributed by atoms with van der Waals surface area (Å²) in [6, 6.07) is 10.2. The largest absolute Gasteiger partial charge is 0.328 e. The summed E-state index contributed by atoms with van der Waals surface area (Å²) in [4.78, 5) is 15.5. The molecule has 4 aliphatic rings. The third kappa shape index (κ3) is 2.58. The van der Waals surface area contributed by atoms with Gasteiger partial charge in [-0.15, -0.1) is 0 Å². The molecular weight excluding hydrogens is 344 g/mol. The molecule has 1 aliphatic heterocycles. The third-order valence-corrected chi connectivity index (χ3v) is 7.13. The zero-order chi connectivity index (χ0) is 19.9. The van der Waals surface area contributed by atoms with Gasteiger partial charge in [0.15, 0.2) is 0 Å². The lowest BCUT2D eigenvalue weighted by Gasteiger charge is -2.61. The predicted octanol–water partition coefficient (Wildman–Crippen LogP) is 6.19. The van der Waals surface area contributed by atoms with Crippen molar-refractivity contribution in [2.75, 3.05) is 4.90 Å². The molecule has 0 aromatic heterocycles. The fraction of sp³-hybridized carbons (Fsp3) is 0.560. The number of nitrogens with one attached hydrogen (secondary N) is 1. The number of carbonyl (C=O) groups excluding carboxylic acids is 1. The Balaban J connectivity index is 1.78. The Kier molecular flexibility index (Phi) is 3.42. The molecule has 1 fully saturated rings. The van der Waals surface area contributed by atoms with E-state index in [0.717, 1.165) is 31.4 Å². The minimum absolute atomic E-state index is 0.0453. The average Bonchev–Trinajstić information content (AvgIpc) is 2.50. The van der Waals surface area contributed by atoms with Gasteiger partial charge in [-0.05, 0) is 66.1 Å². The molecule has 1 saturated carbocycles. The monoisotopic (exact) mass is 376 g/mol. The normalized spacial score (nSPS) is 35.1. The number of urea groups is 1. The number of para-hydroxylation sites is 1. The second-order valence-electron chi connectivity index (χ2n) is 11.5. The lowest BCUT2D eigenvalue weighted by molar-refractivity contribution is 0.0563. The van der Waals surface area contributed by atoms with E-state index in [0.29, 0.717) is 0 Å². The first-order valence-corrected chi connectivity index (χ1v) is 10.6. The Bertz CT molecular complexity index is 923. The zero-order valence-electron chi connectivity index (χ0n) is 17.9. The Morgan fingerprint density at radius 3 is 2.32 bits per heavy atom. The van der Waals surface area contributed by atoms with Crippen molar-refractivity contribution in [2.24, 2.45) is 16.2 Å². The number of anilines is 1. The number of benzene rings is 1. The Hall–Kier alpha value is -2.03. The van der Waals surface area contributed by atoms with E-state index in [4.69, 9.17) is 0 Å². The van der Waals surface area contributed by atoms with Crippen LogP contribution in [0.15, 0.2) is 53.3 Å². The molecule has 0 radical (unpaired) electrons. The van der Waals surface area contributed by atoms with Gasteiger partial charge < -0.3 is 5.32 Å². The lowest BCUT2D eigenvalue weighted by Crippen LogP contribution is -2.66. The van der Waals surface area contributed by atoms with Crippen LogP contribution in [0.1, 0.15) is 66.7 Å². The molecule has 3 nitrogen and oxygen atoms in total. The van der Waals surface area contributed by atoms with E-state index >= 15 is 0 Å². The van der Waals surface area contributed by atoms with Crippen molar-refractivity contribution in [3.63, 3.8) is 0 Å². The van der Waals surface area contributed by atoms with E-state index < -0.39 is 0 Å². The topological polar surface area (TPSA) is 32.3 Å². The number of rotatable bonds is 1. The molecule has 1 spiro atoms. The average molecular weight is 377 g/mol. The second-order valence-corrected chi connectivity index (χ2v) is 11.5.